The Kier molecular flexibility index (Phi) is 5.99. The number of hydrogen-bond acceptors (Lipinski definition) is 2. The van der Waals surface area contributed by atoms with Crippen LogP contribution in [0.1, 0.15) is 69.7 Å². The van der Waals surface area contributed by atoms with Gasteiger partial charge in [0.2, 0.25) is 0 Å². The van der Waals surface area contributed by atoms with Crippen LogP contribution in [-0.4, -0.2) is 9.55 Å². The van der Waals surface area contributed by atoms with Crippen LogP contribution in [0, 0.1) is 5.92 Å². The summed E-state index contributed by atoms with van der Waals surface area (Å²) in [5.41, 5.74) is 3.64. The zero-order valence-corrected chi connectivity index (χ0v) is 17.2. The number of nitrogens with zero attached hydrogens (tertiary/aromatic N) is 2. The number of fused-ring (bicyclic) bond motifs is 1. The van der Waals surface area contributed by atoms with Crippen molar-refractivity contribution in [1.82, 2.24) is 9.55 Å². The third kappa shape index (κ3) is 4.40. The topological polar surface area (TPSA) is 27.1 Å². The van der Waals surface area contributed by atoms with E-state index in [9.17, 15) is 0 Å². The number of benzene rings is 2. The predicted octanol–water partition coefficient (Wildman–Crippen LogP) is 6.71. The number of imidazole rings is 1. The van der Waals surface area contributed by atoms with Gasteiger partial charge in [0.1, 0.15) is 18.2 Å². The van der Waals surface area contributed by atoms with Gasteiger partial charge in [-0.2, -0.15) is 0 Å². The molecule has 0 radical (unpaired) electrons. The molecule has 3 heteroatoms. The zero-order chi connectivity index (χ0) is 19.3. The Morgan fingerprint density at radius 1 is 1.00 bits per heavy atom. The van der Waals surface area contributed by atoms with Crippen molar-refractivity contribution in [3.8, 4) is 5.75 Å². The molecule has 1 saturated carbocycles. The molecule has 0 bridgehead atoms. The number of rotatable bonds is 7. The highest BCUT2D eigenvalue weighted by molar-refractivity contribution is 5.75. The summed E-state index contributed by atoms with van der Waals surface area (Å²) in [4.78, 5) is 4.88. The van der Waals surface area contributed by atoms with Gasteiger partial charge in [-0.15, -0.1) is 0 Å². The Balaban J connectivity index is 1.49. The van der Waals surface area contributed by atoms with Crippen molar-refractivity contribution < 1.29 is 4.74 Å². The van der Waals surface area contributed by atoms with Crippen LogP contribution < -0.4 is 4.74 Å². The van der Waals surface area contributed by atoms with Crippen molar-refractivity contribution in [2.75, 3.05) is 0 Å². The summed E-state index contributed by atoms with van der Waals surface area (Å²) in [6.45, 7) is 5.98. The van der Waals surface area contributed by atoms with Gasteiger partial charge < -0.3 is 9.30 Å². The van der Waals surface area contributed by atoms with E-state index in [1.165, 1.54) is 49.6 Å². The van der Waals surface area contributed by atoms with E-state index in [0.29, 0.717) is 12.5 Å². The fraction of sp³-hybridized carbons (Fsp3) is 0.480. The average molecular weight is 377 g/mol. The molecule has 2 aromatic carbocycles. The summed E-state index contributed by atoms with van der Waals surface area (Å²) < 4.78 is 8.49. The molecule has 148 valence electrons. The maximum absolute atomic E-state index is 6.11. The van der Waals surface area contributed by atoms with Crippen LogP contribution in [0.15, 0.2) is 48.5 Å². The van der Waals surface area contributed by atoms with Crippen molar-refractivity contribution in [2.45, 2.75) is 71.4 Å². The van der Waals surface area contributed by atoms with E-state index in [-0.39, 0.29) is 0 Å². The minimum atomic E-state index is 0.514. The molecule has 1 fully saturated rings. The van der Waals surface area contributed by atoms with E-state index in [0.717, 1.165) is 29.6 Å². The average Bonchev–Trinajstić information content (AvgIpc) is 3.09. The largest absolute Gasteiger partial charge is 0.486 e. The minimum absolute atomic E-state index is 0.514. The normalized spacial score (nSPS) is 15.4. The number of aryl methyl sites for hydroxylation is 1. The first-order chi connectivity index (χ1) is 13.7. The molecule has 1 aliphatic rings. The molecule has 1 aliphatic carbocycles. The fourth-order valence-corrected chi connectivity index (χ4v) is 4.37. The molecule has 0 amide bonds. The Bertz CT molecular complexity index is 889. The monoisotopic (exact) mass is 376 g/mol. The summed E-state index contributed by atoms with van der Waals surface area (Å²) in [6.07, 6.45) is 8.24. The van der Waals surface area contributed by atoms with Gasteiger partial charge in [-0.3, -0.25) is 0 Å². The fourth-order valence-electron chi connectivity index (χ4n) is 4.37. The minimum Gasteiger partial charge on any atom is -0.486 e. The van der Waals surface area contributed by atoms with Gasteiger partial charge in [-0.05, 0) is 48.1 Å². The van der Waals surface area contributed by atoms with Crippen LogP contribution in [-0.2, 0) is 13.2 Å². The molecule has 0 spiro atoms. The number of hydrogen-bond donors (Lipinski definition) is 0. The van der Waals surface area contributed by atoms with Crippen molar-refractivity contribution in [2.24, 2.45) is 5.92 Å². The van der Waals surface area contributed by atoms with Gasteiger partial charge >= 0.3 is 0 Å². The summed E-state index contributed by atoms with van der Waals surface area (Å²) >= 11 is 0. The van der Waals surface area contributed by atoms with Crippen LogP contribution in [0.2, 0.25) is 0 Å². The Morgan fingerprint density at radius 3 is 2.50 bits per heavy atom. The van der Waals surface area contributed by atoms with Gasteiger partial charge in [0.15, 0.2) is 0 Å². The van der Waals surface area contributed by atoms with Crippen molar-refractivity contribution in [3.63, 3.8) is 0 Å². The SMILES string of the molecule is CC(C)c1ccc(OCc2nc3ccccc3n2CCC2CCCCC2)cc1. The predicted molar refractivity (Wildman–Crippen MR) is 116 cm³/mol. The van der Waals surface area contributed by atoms with E-state index >= 15 is 0 Å². The molecule has 0 atom stereocenters. The van der Waals surface area contributed by atoms with Gasteiger partial charge in [-0.25, -0.2) is 4.98 Å². The molecular weight excluding hydrogens is 344 g/mol. The molecule has 0 N–H and O–H groups in total. The summed E-state index contributed by atoms with van der Waals surface area (Å²) in [5, 5.41) is 0. The smallest absolute Gasteiger partial charge is 0.147 e. The quantitative estimate of drug-likeness (QED) is 0.458. The third-order valence-electron chi connectivity index (χ3n) is 6.13. The number of aromatic nitrogens is 2. The molecule has 3 aromatic rings. The molecule has 1 aromatic heterocycles. The molecule has 28 heavy (non-hydrogen) atoms. The maximum atomic E-state index is 6.11. The second-order valence-corrected chi connectivity index (χ2v) is 8.47. The molecular formula is C25H32N2O. The van der Waals surface area contributed by atoms with Gasteiger partial charge in [0.25, 0.3) is 0 Å². The highest BCUT2D eigenvalue weighted by atomic mass is 16.5. The van der Waals surface area contributed by atoms with Crippen molar-refractivity contribution >= 4 is 11.0 Å². The van der Waals surface area contributed by atoms with E-state index < -0.39 is 0 Å². The standard InChI is InChI=1S/C25H32N2O/c1-19(2)21-12-14-22(15-13-21)28-18-25-26-23-10-6-7-11-24(23)27(25)17-16-20-8-4-3-5-9-20/h6-7,10-15,19-20H,3-5,8-9,16-18H2,1-2H3. The molecule has 1 heterocycles. The lowest BCUT2D eigenvalue weighted by Crippen LogP contribution is -2.13. The second-order valence-electron chi connectivity index (χ2n) is 8.47. The first-order valence-corrected chi connectivity index (χ1v) is 10.9. The van der Waals surface area contributed by atoms with Gasteiger partial charge in [0.05, 0.1) is 11.0 Å². The third-order valence-corrected chi connectivity index (χ3v) is 6.13. The lowest BCUT2D eigenvalue weighted by atomic mass is 9.87. The van der Waals surface area contributed by atoms with Gasteiger partial charge in [0, 0.05) is 6.54 Å². The Morgan fingerprint density at radius 2 is 1.75 bits per heavy atom. The zero-order valence-electron chi connectivity index (χ0n) is 17.2. The van der Waals surface area contributed by atoms with Crippen LogP contribution in [0.4, 0.5) is 0 Å². The Labute approximate surface area is 168 Å². The summed E-state index contributed by atoms with van der Waals surface area (Å²) in [6, 6.07) is 16.9. The Hall–Kier alpha value is -2.29. The van der Waals surface area contributed by atoms with Gasteiger partial charge in [-0.1, -0.05) is 70.2 Å². The lowest BCUT2D eigenvalue weighted by molar-refractivity contribution is 0.282. The van der Waals surface area contributed by atoms with E-state index in [1.54, 1.807) is 0 Å². The molecule has 3 nitrogen and oxygen atoms in total. The van der Waals surface area contributed by atoms with E-state index in [2.05, 4.69) is 66.9 Å². The highest BCUT2D eigenvalue weighted by Crippen LogP contribution is 2.28. The van der Waals surface area contributed by atoms with Crippen LogP contribution in [0.3, 0.4) is 0 Å². The van der Waals surface area contributed by atoms with Crippen LogP contribution in [0.25, 0.3) is 11.0 Å². The van der Waals surface area contributed by atoms with Crippen LogP contribution >= 0.6 is 0 Å². The molecule has 0 saturated heterocycles. The van der Waals surface area contributed by atoms with Crippen molar-refractivity contribution in [1.29, 1.82) is 0 Å². The summed E-state index contributed by atoms with van der Waals surface area (Å²) in [7, 11) is 0. The first-order valence-electron chi connectivity index (χ1n) is 10.9. The first kappa shape index (κ1) is 19.0. The maximum Gasteiger partial charge on any atom is 0.147 e. The van der Waals surface area contributed by atoms with Crippen molar-refractivity contribution in [3.05, 3.63) is 59.9 Å². The molecule has 0 aliphatic heterocycles. The lowest BCUT2D eigenvalue weighted by Gasteiger charge is -2.22. The van der Waals surface area contributed by atoms with E-state index in [1.807, 2.05) is 0 Å². The molecule has 4 rings (SSSR count). The highest BCUT2D eigenvalue weighted by Gasteiger charge is 2.16. The number of para-hydroxylation sites is 2. The second kappa shape index (κ2) is 8.81. The van der Waals surface area contributed by atoms with E-state index in [4.69, 9.17) is 9.72 Å². The number of ether oxygens (including phenoxy) is 1. The summed E-state index contributed by atoms with van der Waals surface area (Å²) in [5.74, 6) is 3.35. The van der Waals surface area contributed by atoms with Crippen LogP contribution in [0.5, 0.6) is 5.75 Å². The molecule has 0 unspecified atom stereocenters.